The molecule has 0 spiro atoms. The van der Waals surface area contributed by atoms with E-state index in [-0.39, 0.29) is 83.4 Å². The van der Waals surface area contributed by atoms with Crippen molar-refractivity contribution in [1.29, 1.82) is 0 Å². The Hall–Kier alpha value is 2.15. The van der Waals surface area contributed by atoms with Crippen LogP contribution in [0.2, 0.25) is 0 Å². The molecule has 0 aliphatic heterocycles. The average molecular weight is 180 g/mol. The summed E-state index contributed by atoms with van der Waals surface area (Å²) in [6.45, 7) is 0. The normalized spacial score (nSPS) is 0. The van der Waals surface area contributed by atoms with Crippen molar-refractivity contribution in [3.63, 3.8) is 0 Å². The molecule has 0 saturated carbocycles. The summed E-state index contributed by atoms with van der Waals surface area (Å²) in [5.74, 6) is 0. The minimum absolute atomic E-state index is 0. The van der Waals surface area contributed by atoms with Gasteiger partial charge in [0.1, 0.15) is 0 Å². The standard InChI is InChI=1S/Al.B.Co.Li.Ni.H2O/h;;;;;1H2. The van der Waals surface area contributed by atoms with Crippen molar-refractivity contribution in [3.05, 3.63) is 0 Å². The molecule has 0 aliphatic carbocycles. The van der Waals surface area contributed by atoms with Gasteiger partial charge in [0.05, 0.1) is 0 Å². The monoisotopic (exact) mass is 180 g/mol. The van der Waals surface area contributed by atoms with Crippen LogP contribution in [0.4, 0.5) is 0 Å². The van der Waals surface area contributed by atoms with Crippen LogP contribution in [0.25, 0.3) is 0 Å². The fourth-order valence-electron chi connectivity index (χ4n) is 0. The summed E-state index contributed by atoms with van der Waals surface area (Å²) in [4.78, 5) is 0. The Morgan fingerprint density at radius 3 is 1.00 bits per heavy atom. The van der Waals surface area contributed by atoms with E-state index in [1.807, 2.05) is 0 Å². The van der Waals surface area contributed by atoms with Gasteiger partial charge in [-0.3, -0.25) is 0 Å². The zero-order chi connectivity index (χ0) is 0. The molecule has 0 aromatic heterocycles. The quantitative estimate of drug-likeness (QED) is 0.387. The van der Waals surface area contributed by atoms with E-state index in [0.29, 0.717) is 0 Å². The third kappa shape index (κ3) is 35.2. The summed E-state index contributed by atoms with van der Waals surface area (Å²) in [6, 6.07) is 0. The Labute approximate surface area is 82.7 Å². The molecule has 6 heavy (non-hydrogen) atoms. The second-order valence-electron chi connectivity index (χ2n) is 0. The first-order valence-electron chi connectivity index (χ1n) is 0. The SMILES string of the molecule is O.[Al].[B].[Co].[Li].[Ni]. The fraction of sp³-hybridized carbons (Fsp3) is 0. The predicted molar refractivity (Wildman–Crippen MR) is 20.9 cm³/mol. The third-order valence-electron chi connectivity index (χ3n) is 0. The molecule has 0 bridgehead atoms. The Bertz CT molecular complexity index is 15.5. The first kappa shape index (κ1) is 89.9. The summed E-state index contributed by atoms with van der Waals surface area (Å²) >= 11 is 0. The molecule has 0 aromatic rings. The minimum atomic E-state index is 0. The molecule has 0 amide bonds. The van der Waals surface area contributed by atoms with Gasteiger partial charge in [-0.25, -0.2) is 0 Å². The number of hydrogen-bond acceptors (Lipinski definition) is 0. The van der Waals surface area contributed by atoms with Crippen LogP contribution in [0, 0.1) is 0 Å². The van der Waals surface area contributed by atoms with Crippen molar-refractivity contribution in [3.8, 4) is 0 Å². The molecule has 6 heteroatoms. The molecule has 0 aromatic carbocycles. The second-order valence-corrected chi connectivity index (χ2v) is 0. The van der Waals surface area contributed by atoms with Crippen LogP contribution in [0.5, 0.6) is 0 Å². The molecule has 0 unspecified atom stereocenters. The number of rotatable bonds is 0. The molecule has 1 nitrogen and oxygen atoms in total. The van der Waals surface area contributed by atoms with E-state index >= 15 is 0 Å². The van der Waals surface area contributed by atoms with Gasteiger partial charge in [-0.05, 0) is 0 Å². The molecule has 0 aliphatic rings. The largest absolute Gasteiger partial charge is 0.412 e. The Kier molecular flexibility index (Phi) is 875. The van der Waals surface area contributed by atoms with Crippen molar-refractivity contribution < 1.29 is 38.7 Å². The zero-order valence-corrected chi connectivity index (χ0v) is 6.49. The van der Waals surface area contributed by atoms with Gasteiger partial charge in [0.15, 0.2) is 0 Å². The van der Waals surface area contributed by atoms with Crippen LogP contribution < -0.4 is 0 Å². The molecule has 0 heterocycles. The molecule has 8 radical (unpaired) electrons. The van der Waals surface area contributed by atoms with Crippen LogP contribution in [-0.2, 0) is 33.3 Å². The molecular weight excluding hydrogens is 178 g/mol. The van der Waals surface area contributed by atoms with E-state index in [9.17, 15) is 0 Å². The maximum absolute atomic E-state index is 0. The summed E-state index contributed by atoms with van der Waals surface area (Å²) < 4.78 is 0. The van der Waals surface area contributed by atoms with Crippen molar-refractivity contribution in [2.24, 2.45) is 0 Å². The van der Waals surface area contributed by atoms with E-state index in [1.54, 1.807) is 0 Å². The first-order chi connectivity index (χ1) is 0. The van der Waals surface area contributed by atoms with Gasteiger partial charge in [-0.1, -0.05) is 0 Å². The zero-order valence-electron chi connectivity index (χ0n) is 3.30. The molecule has 0 fully saturated rings. The maximum atomic E-state index is 0. The summed E-state index contributed by atoms with van der Waals surface area (Å²) in [6.07, 6.45) is 0. The van der Waals surface area contributed by atoms with Gasteiger partial charge in [0.25, 0.3) is 0 Å². The van der Waals surface area contributed by atoms with Crippen molar-refractivity contribution >= 4 is 44.6 Å². The summed E-state index contributed by atoms with van der Waals surface area (Å²) in [7, 11) is 0. The van der Waals surface area contributed by atoms with Crippen molar-refractivity contribution in [2.45, 2.75) is 0 Å². The first-order valence-corrected chi connectivity index (χ1v) is 0. The molecule has 2 N–H and O–H groups in total. The molecule has 0 saturated heterocycles. The van der Waals surface area contributed by atoms with E-state index in [1.165, 1.54) is 0 Å². The number of hydrogen-bond donors (Lipinski definition) is 0. The van der Waals surface area contributed by atoms with Crippen LogP contribution in [0.15, 0.2) is 0 Å². The van der Waals surface area contributed by atoms with E-state index in [2.05, 4.69) is 0 Å². The Morgan fingerprint density at radius 1 is 1.00 bits per heavy atom. The molecule has 0 rings (SSSR count). The van der Waals surface area contributed by atoms with Crippen molar-refractivity contribution in [2.75, 3.05) is 0 Å². The smallest absolute Gasteiger partial charge is 0 e. The van der Waals surface area contributed by atoms with E-state index in [4.69, 9.17) is 0 Å². The van der Waals surface area contributed by atoms with Gasteiger partial charge < -0.3 is 5.48 Å². The van der Waals surface area contributed by atoms with E-state index < -0.39 is 0 Å². The minimum Gasteiger partial charge on any atom is -0.412 e. The van der Waals surface area contributed by atoms with Crippen molar-refractivity contribution in [1.82, 2.24) is 0 Å². The Morgan fingerprint density at radius 2 is 1.00 bits per heavy atom. The van der Waals surface area contributed by atoms with Gasteiger partial charge in [0, 0.05) is 77.9 Å². The third-order valence-corrected chi connectivity index (χ3v) is 0. The fourth-order valence-corrected chi connectivity index (χ4v) is 0. The van der Waals surface area contributed by atoms with Gasteiger partial charge >= 0.3 is 0 Å². The van der Waals surface area contributed by atoms with Gasteiger partial charge in [0.2, 0.25) is 0 Å². The summed E-state index contributed by atoms with van der Waals surface area (Å²) in [5, 5.41) is 0. The average Bonchev–Trinajstić information content (AvgIpc) is 0. The summed E-state index contributed by atoms with van der Waals surface area (Å²) in [5.41, 5.74) is 0. The van der Waals surface area contributed by atoms with Crippen LogP contribution >= 0.6 is 0 Å². The van der Waals surface area contributed by atoms with Crippen LogP contribution in [0.3, 0.4) is 0 Å². The predicted octanol–water partition coefficient (Wildman–Crippen LogP) is -1.97. The van der Waals surface area contributed by atoms with Crippen LogP contribution in [0.1, 0.15) is 0 Å². The van der Waals surface area contributed by atoms with E-state index in [0.717, 1.165) is 0 Å². The topological polar surface area (TPSA) is 31.5 Å². The molecular formula is H2AlBCoLiNiO. The Balaban J connectivity index is 0. The van der Waals surface area contributed by atoms with Crippen LogP contribution in [-0.4, -0.2) is 50.1 Å². The van der Waals surface area contributed by atoms with Gasteiger partial charge in [-0.15, -0.1) is 0 Å². The van der Waals surface area contributed by atoms with Gasteiger partial charge in [-0.2, -0.15) is 0 Å². The second kappa shape index (κ2) is 58.4. The maximum Gasteiger partial charge on any atom is 0 e. The molecule has 0 atom stereocenters. The molecule has 34 valence electrons.